The normalized spacial score (nSPS) is 11.6. The molecule has 0 saturated carbocycles. The highest BCUT2D eigenvalue weighted by atomic mass is 79.9. The number of methoxy groups -OCH3 is 1. The standard InChI is InChI=1S/C10H14BrNO6S2/c1-17-10(14)7-6-8(9(11)19-7)20(15,16)12-2-4-18-5-3-13/h6,12-13H,2-5H2,1H3. The molecular weight excluding hydrogens is 374 g/mol. The van der Waals surface area contributed by atoms with Crippen LogP contribution in [0.15, 0.2) is 14.7 Å². The number of aliphatic hydroxyl groups excluding tert-OH is 1. The van der Waals surface area contributed by atoms with Gasteiger partial charge in [0, 0.05) is 6.54 Å². The number of halogens is 1. The molecule has 0 aliphatic heterocycles. The third-order valence-electron chi connectivity index (χ3n) is 2.11. The van der Waals surface area contributed by atoms with E-state index in [0.29, 0.717) is 3.79 Å². The van der Waals surface area contributed by atoms with Crippen molar-refractivity contribution in [2.75, 3.05) is 33.5 Å². The predicted molar refractivity (Wildman–Crippen MR) is 76.5 cm³/mol. The summed E-state index contributed by atoms with van der Waals surface area (Å²) in [6, 6.07) is 1.25. The summed E-state index contributed by atoms with van der Waals surface area (Å²) in [6.07, 6.45) is 0. The Hall–Kier alpha value is -0.520. The van der Waals surface area contributed by atoms with Gasteiger partial charge in [-0.15, -0.1) is 11.3 Å². The number of esters is 1. The van der Waals surface area contributed by atoms with Crippen molar-refractivity contribution < 1.29 is 27.8 Å². The van der Waals surface area contributed by atoms with E-state index in [9.17, 15) is 13.2 Å². The Kier molecular flexibility index (Phi) is 7.06. The second kappa shape index (κ2) is 8.05. The van der Waals surface area contributed by atoms with Gasteiger partial charge in [0.2, 0.25) is 10.0 Å². The molecule has 0 aliphatic rings. The number of nitrogens with one attached hydrogen (secondary N) is 1. The molecule has 0 bridgehead atoms. The molecule has 0 saturated heterocycles. The molecule has 114 valence electrons. The fourth-order valence-corrected chi connectivity index (χ4v) is 4.72. The zero-order valence-corrected chi connectivity index (χ0v) is 13.8. The first-order valence-electron chi connectivity index (χ1n) is 5.48. The minimum Gasteiger partial charge on any atom is -0.465 e. The molecular formula is C10H14BrNO6S2. The lowest BCUT2D eigenvalue weighted by molar-refractivity contribution is 0.0606. The number of hydrogen-bond acceptors (Lipinski definition) is 7. The van der Waals surface area contributed by atoms with E-state index in [1.807, 2.05) is 0 Å². The van der Waals surface area contributed by atoms with Gasteiger partial charge in [-0.2, -0.15) is 0 Å². The summed E-state index contributed by atoms with van der Waals surface area (Å²) >= 11 is 4.09. The molecule has 0 atom stereocenters. The van der Waals surface area contributed by atoms with Crippen molar-refractivity contribution in [3.8, 4) is 0 Å². The Morgan fingerprint density at radius 3 is 2.80 bits per heavy atom. The van der Waals surface area contributed by atoms with Gasteiger partial charge >= 0.3 is 5.97 Å². The van der Waals surface area contributed by atoms with Crippen LogP contribution in [0, 0.1) is 0 Å². The SMILES string of the molecule is COC(=O)c1cc(S(=O)(=O)NCCOCCO)c(Br)s1. The lowest BCUT2D eigenvalue weighted by Gasteiger charge is -2.05. The Morgan fingerprint density at radius 1 is 1.50 bits per heavy atom. The topological polar surface area (TPSA) is 102 Å². The zero-order valence-electron chi connectivity index (χ0n) is 10.6. The largest absolute Gasteiger partial charge is 0.465 e. The quantitative estimate of drug-likeness (QED) is 0.499. The van der Waals surface area contributed by atoms with E-state index in [4.69, 9.17) is 9.84 Å². The van der Waals surface area contributed by atoms with E-state index in [1.54, 1.807) is 0 Å². The van der Waals surface area contributed by atoms with Crippen LogP contribution in [0.1, 0.15) is 9.67 Å². The highest BCUT2D eigenvalue weighted by Crippen LogP contribution is 2.31. The van der Waals surface area contributed by atoms with E-state index < -0.39 is 16.0 Å². The zero-order chi connectivity index (χ0) is 15.2. The molecule has 0 aromatic carbocycles. The first-order valence-corrected chi connectivity index (χ1v) is 8.57. The molecule has 1 heterocycles. The Balaban J connectivity index is 2.72. The van der Waals surface area contributed by atoms with Gasteiger partial charge in [0.05, 0.1) is 30.7 Å². The fraction of sp³-hybridized carbons (Fsp3) is 0.500. The van der Waals surface area contributed by atoms with Gasteiger partial charge in [-0.1, -0.05) is 0 Å². The number of carbonyl (C=O) groups excluding carboxylic acids is 1. The number of carbonyl (C=O) groups is 1. The lowest BCUT2D eigenvalue weighted by atomic mass is 10.5. The minimum atomic E-state index is -3.74. The average Bonchev–Trinajstić information content (AvgIpc) is 2.80. The van der Waals surface area contributed by atoms with Crippen molar-refractivity contribution in [2.45, 2.75) is 4.90 Å². The van der Waals surface area contributed by atoms with Crippen LogP contribution in [0.4, 0.5) is 0 Å². The van der Waals surface area contributed by atoms with E-state index >= 15 is 0 Å². The smallest absolute Gasteiger partial charge is 0.348 e. The number of hydrogen-bond donors (Lipinski definition) is 2. The van der Waals surface area contributed by atoms with E-state index in [1.165, 1.54) is 13.2 Å². The summed E-state index contributed by atoms with van der Waals surface area (Å²) in [5.74, 6) is -0.594. The van der Waals surface area contributed by atoms with Gasteiger partial charge in [0.25, 0.3) is 0 Å². The third kappa shape index (κ3) is 4.79. The van der Waals surface area contributed by atoms with Gasteiger partial charge in [0.15, 0.2) is 0 Å². The molecule has 0 radical (unpaired) electrons. The summed E-state index contributed by atoms with van der Waals surface area (Å²) in [5.41, 5.74) is 0. The molecule has 0 spiro atoms. The molecule has 0 amide bonds. The van der Waals surface area contributed by atoms with Crippen molar-refractivity contribution in [3.05, 3.63) is 14.7 Å². The van der Waals surface area contributed by atoms with Crippen LogP contribution in [0.2, 0.25) is 0 Å². The molecule has 0 unspecified atom stereocenters. The van der Waals surface area contributed by atoms with E-state index in [0.717, 1.165) is 11.3 Å². The molecule has 1 aromatic heterocycles. The van der Waals surface area contributed by atoms with Crippen molar-refractivity contribution in [1.29, 1.82) is 0 Å². The summed E-state index contributed by atoms with van der Waals surface area (Å²) in [5, 5.41) is 8.51. The van der Waals surface area contributed by atoms with Gasteiger partial charge in [-0.25, -0.2) is 17.9 Å². The van der Waals surface area contributed by atoms with Crippen LogP contribution >= 0.6 is 27.3 Å². The van der Waals surface area contributed by atoms with Crippen LogP contribution in [-0.2, 0) is 19.5 Å². The number of aliphatic hydroxyl groups is 1. The first kappa shape index (κ1) is 17.5. The molecule has 20 heavy (non-hydrogen) atoms. The molecule has 7 nitrogen and oxygen atoms in total. The molecule has 10 heteroatoms. The van der Waals surface area contributed by atoms with Crippen LogP contribution in [-0.4, -0.2) is 53.0 Å². The van der Waals surface area contributed by atoms with Crippen molar-refractivity contribution in [2.24, 2.45) is 0 Å². The number of rotatable bonds is 8. The maximum Gasteiger partial charge on any atom is 0.348 e. The summed E-state index contributed by atoms with van der Waals surface area (Å²) in [4.78, 5) is 11.5. The highest BCUT2D eigenvalue weighted by molar-refractivity contribution is 9.11. The van der Waals surface area contributed by atoms with Crippen molar-refractivity contribution >= 4 is 43.3 Å². The molecule has 1 rings (SSSR count). The van der Waals surface area contributed by atoms with Gasteiger partial charge < -0.3 is 14.6 Å². The second-order valence-electron chi connectivity index (χ2n) is 3.47. The van der Waals surface area contributed by atoms with E-state index in [2.05, 4.69) is 25.4 Å². The number of thiophene rings is 1. The number of ether oxygens (including phenoxy) is 2. The number of sulfonamides is 1. The Labute approximate surface area is 129 Å². The average molecular weight is 388 g/mol. The van der Waals surface area contributed by atoms with Gasteiger partial charge in [0.1, 0.15) is 9.77 Å². The third-order valence-corrected chi connectivity index (χ3v) is 5.80. The maximum absolute atomic E-state index is 12.0. The van der Waals surface area contributed by atoms with Crippen molar-refractivity contribution in [3.63, 3.8) is 0 Å². The van der Waals surface area contributed by atoms with Crippen LogP contribution in [0.3, 0.4) is 0 Å². The molecule has 2 N–H and O–H groups in total. The van der Waals surface area contributed by atoms with Crippen molar-refractivity contribution in [1.82, 2.24) is 4.72 Å². The maximum atomic E-state index is 12.0. The van der Waals surface area contributed by atoms with Crippen LogP contribution < -0.4 is 4.72 Å². The van der Waals surface area contributed by atoms with Crippen LogP contribution in [0.5, 0.6) is 0 Å². The molecule has 1 aromatic rings. The molecule has 0 aliphatic carbocycles. The highest BCUT2D eigenvalue weighted by Gasteiger charge is 2.23. The summed E-state index contributed by atoms with van der Waals surface area (Å²) in [7, 11) is -2.51. The van der Waals surface area contributed by atoms with Gasteiger partial charge in [-0.3, -0.25) is 0 Å². The predicted octanol–water partition coefficient (Wildman–Crippen LogP) is 0.584. The summed E-state index contributed by atoms with van der Waals surface area (Å²) in [6.45, 7) is 0.241. The Bertz CT molecular complexity index is 556. The molecule has 0 fully saturated rings. The minimum absolute atomic E-state index is 0.0231. The summed E-state index contributed by atoms with van der Waals surface area (Å²) < 4.78 is 36.2. The van der Waals surface area contributed by atoms with E-state index in [-0.39, 0.29) is 36.1 Å². The first-order chi connectivity index (χ1) is 9.42. The van der Waals surface area contributed by atoms with Gasteiger partial charge in [-0.05, 0) is 22.0 Å². The lowest BCUT2D eigenvalue weighted by Crippen LogP contribution is -2.27. The Morgan fingerprint density at radius 2 is 2.20 bits per heavy atom. The fourth-order valence-electron chi connectivity index (χ4n) is 1.23. The second-order valence-corrected chi connectivity index (χ2v) is 7.58. The monoisotopic (exact) mass is 387 g/mol. The van der Waals surface area contributed by atoms with Crippen LogP contribution in [0.25, 0.3) is 0 Å².